The Morgan fingerprint density at radius 2 is 1.93 bits per heavy atom. The number of hydrogen-bond acceptors (Lipinski definition) is 8. The summed E-state index contributed by atoms with van der Waals surface area (Å²) < 4.78 is 4.65. The van der Waals surface area contributed by atoms with Crippen LogP contribution in [0.4, 0.5) is 0 Å². The van der Waals surface area contributed by atoms with Gasteiger partial charge in [0.05, 0.1) is 19.8 Å². The van der Waals surface area contributed by atoms with Crippen molar-refractivity contribution in [3.05, 3.63) is 27.8 Å². The van der Waals surface area contributed by atoms with Crippen LogP contribution < -0.4 is 5.73 Å². The molecule has 27 heavy (non-hydrogen) atoms. The highest BCUT2D eigenvalue weighted by molar-refractivity contribution is 7.99. The molecule has 0 fully saturated rings. The summed E-state index contributed by atoms with van der Waals surface area (Å²) in [7, 11) is 1.26. The Morgan fingerprint density at radius 3 is 2.44 bits per heavy atom. The van der Waals surface area contributed by atoms with Crippen LogP contribution in [0.3, 0.4) is 0 Å². The molecule has 1 aromatic rings. The van der Waals surface area contributed by atoms with Crippen LogP contribution in [0.15, 0.2) is 0 Å². The Balaban J connectivity index is 2.55. The van der Waals surface area contributed by atoms with E-state index in [2.05, 4.69) is 4.74 Å². The van der Waals surface area contributed by atoms with Crippen molar-refractivity contribution >= 4 is 17.7 Å². The van der Waals surface area contributed by atoms with Crippen molar-refractivity contribution in [1.29, 1.82) is 0 Å². The molecule has 0 amide bonds. The van der Waals surface area contributed by atoms with E-state index in [0.29, 0.717) is 23.1 Å². The maximum atomic E-state index is 11.6. The first-order valence-corrected chi connectivity index (χ1v) is 9.90. The van der Waals surface area contributed by atoms with E-state index in [0.717, 1.165) is 11.1 Å². The number of aromatic hydroxyl groups is 1. The number of ether oxygens (including phenoxy) is 1. The van der Waals surface area contributed by atoms with Gasteiger partial charge in [0.2, 0.25) is 0 Å². The Kier molecular flexibility index (Phi) is 6.81. The van der Waals surface area contributed by atoms with Crippen LogP contribution >= 0.6 is 11.8 Å². The van der Waals surface area contributed by atoms with E-state index in [-0.39, 0.29) is 24.7 Å². The van der Waals surface area contributed by atoms with E-state index in [1.54, 1.807) is 13.8 Å². The van der Waals surface area contributed by atoms with Crippen LogP contribution in [0.5, 0.6) is 5.75 Å². The van der Waals surface area contributed by atoms with Gasteiger partial charge >= 0.3 is 5.97 Å². The van der Waals surface area contributed by atoms with E-state index in [1.165, 1.54) is 18.9 Å². The van der Waals surface area contributed by atoms with Gasteiger partial charge in [-0.25, -0.2) is 0 Å². The number of fused-ring (bicyclic) bond motifs is 1. The fourth-order valence-electron chi connectivity index (χ4n) is 3.89. The number of carbonyl (C=O) groups is 1. The molecule has 0 bridgehead atoms. The van der Waals surface area contributed by atoms with E-state index < -0.39 is 28.8 Å². The number of benzene rings is 1. The number of esters is 1. The third-order valence-electron chi connectivity index (χ3n) is 5.62. The van der Waals surface area contributed by atoms with Crippen molar-refractivity contribution in [1.82, 2.24) is 0 Å². The summed E-state index contributed by atoms with van der Waals surface area (Å²) in [6.07, 6.45) is -0.625. The second-order valence-electron chi connectivity index (χ2n) is 7.29. The van der Waals surface area contributed by atoms with Gasteiger partial charge in [-0.2, -0.15) is 11.8 Å². The number of aliphatic hydroxyl groups is 3. The normalized spacial score (nSPS) is 25.3. The van der Waals surface area contributed by atoms with Gasteiger partial charge in [-0.3, -0.25) is 4.79 Å². The number of carbonyl (C=O) groups excluding carboxylic acids is 1. The highest BCUT2D eigenvalue weighted by Crippen LogP contribution is 2.62. The van der Waals surface area contributed by atoms with Crippen molar-refractivity contribution in [2.75, 3.05) is 26.1 Å². The van der Waals surface area contributed by atoms with Gasteiger partial charge in [0, 0.05) is 28.6 Å². The van der Waals surface area contributed by atoms with Crippen molar-refractivity contribution in [2.24, 2.45) is 11.1 Å². The minimum absolute atomic E-state index is 0.0550. The molecule has 0 saturated carbocycles. The molecule has 8 heteroatoms. The van der Waals surface area contributed by atoms with Crippen LogP contribution in [0.2, 0.25) is 0 Å². The third-order valence-corrected chi connectivity index (χ3v) is 7.28. The van der Waals surface area contributed by atoms with Gasteiger partial charge in [-0.1, -0.05) is 6.92 Å². The number of phenols is 1. The standard InChI is InChI=1S/C19H29NO6S/c1-9-11(5-6-21)10(2)15(23)14-13(9)16(24)19(3,8-22)17(14)27-7-12(20)18(25)26-4/h12,16-17,21-24H,5-8,20H2,1-4H3/t12-,16+,17-,19-/m0/s1. The highest BCUT2D eigenvalue weighted by atomic mass is 32.2. The first-order valence-electron chi connectivity index (χ1n) is 8.85. The fraction of sp³-hybridized carbons (Fsp3) is 0.632. The Labute approximate surface area is 163 Å². The summed E-state index contributed by atoms with van der Waals surface area (Å²) in [5.41, 5.74) is 8.30. The number of thioether (sulfide) groups is 1. The Bertz CT molecular complexity index is 725. The van der Waals surface area contributed by atoms with Gasteiger partial charge in [-0.05, 0) is 42.5 Å². The van der Waals surface area contributed by atoms with Crippen LogP contribution in [0.25, 0.3) is 0 Å². The molecule has 1 aliphatic carbocycles. The molecular formula is C19H29NO6S. The van der Waals surface area contributed by atoms with E-state index >= 15 is 0 Å². The summed E-state index contributed by atoms with van der Waals surface area (Å²) in [5, 5.41) is 40.8. The Morgan fingerprint density at radius 1 is 1.30 bits per heavy atom. The largest absolute Gasteiger partial charge is 0.507 e. The van der Waals surface area contributed by atoms with Crippen LogP contribution in [-0.2, 0) is 16.0 Å². The monoisotopic (exact) mass is 399 g/mol. The highest BCUT2D eigenvalue weighted by Gasteiger charge is 2.52. The minimum atomic E-state index is -0.992. The average molecular weight is 400 g/mol. The van der Waals surface area contributed by atoms with E-state index in [9.17, 15) is 25.2 Å². The molecule has 2 rings (SSSR count). The topological polar surface area (TPSA) is 133 Å². The zero-order chi connectivity index (χ0) is 20.5. The summed E-state index contributed by atoms with van der Waals surface area (Å²) in [6.45, 7) is 5.00. The SMILES string of the molecule is COC(=O)[C@@H](N)CS[C@H]1c2c(O)c(C)c(CCO)c(C)c2[C@@H](O)[C@]1(C)CO. The number of rotatable bonds is 7. The summed E-state index contributed by atoms with van der Waals surface area (Å²) >= 11 is 1.31. The zero-order valence-corrected chi connectivity index (χ0v) is 17.0. The lowest BCUT2D eigenvalue weighted by atomic mass is 9.84. The Hall–Kier alpha value is -1.32. The maximum absolute atomic E-state index is 11.6. The summed E-state index contributed by atoms with van der Waals surface area (Å²) in [6, 6.07) is -0.845. The zero-order valence-electron chi connectivity index (χ0n) is 16.2. The third kappa shape index (κ3) is 3.56. The second-order valence-corrected chi connectivity index (χ2v) is 8.43. The average Bonchev–Trinajstić information content (AvgIpc) is 2.89. The smallest absolute Gasteiger partial charge is 0.323 e. The lowest BCUT2D eigenvalue weighted by Crippen LogP contribution is -2.35. The molecule has 0 aliphatic heterocycles. The molecule has 1 aromatic carbocycles. The van der Waals surface area contributed by atoms with Crippen LogP contribution in [0.1, 0.15) is 46.1 Å². The fourth-order valence-corrected chi connectivity index (χ4v) is 5.41. The molecule has 7 nitrogen and oxygen atoms in total. The van der Waals surface area contributed by atoms with Crippen molar-refractivity contribution < 1.29 is 30.0 Å². The summed E-state index contributed by atoms with van der Waals surface area (Å²) in [4.78, 5) is 11.6. The van der Waals surface area contributed by atoms with Crippen molar-refractivity contribution in [3.63, 3.8) is 0 Å². The van der Waals surface area contributed by atoms with Crippen molar-refractivity contribution in [2.45, 2.75) is 44.6 Å². The molecule has 0 unspecified atom stereocenters. The van der Waals surface area contributed by atoms with Gasteiger partial charge in [0.15, 0.2) is 0 Å². The molecule has 0 aromatic heterocycles. The van der Waals surface area contributed by atoms with E-state index in [1.807, 2.05) is 6.92 Å². The lowest BCUT2D eigenvalue weighted by molar-refractivity contribution is -0.141. The molecule has 0 heterocycles. The first kappa shape index (κ1) is 22.0. The number of methoxy groups -OCH3 is 1. The van der Waals surface area contributed by atoms with Crippen molar-refractivity contribution in [3.8, 4) is 5.75 Å². The minimum Gasteiger partial charge on any atom is -0.507 e. The van der Waals surface area contributed by atoms with Crippen LogP contribution in [0, 0.1) is 19.3 Å². The first-order chi connectivity index (χ1) is 12.6. The number of nitrogens with two attached hydrogens (primary N) is 1. The molecule has 0 saturated heterocycles. The lowest BCUT2D eigenvalue weighted by Gasteiger charge is -2.33. The maximum Gasteiger partial charge on any atom is 0.323 e. The number of aliphatic hydroxyl groups excluding tert-OH is 3. The summed E-state index contributed by atoms with van der Waals surface area (Å²) in [5.74, 6) is -0.268. The quantitative estimate of drug-likeness (QED) is 0.427. The number of phenolic OH excluding ortho intramolecular Hbond substituents is 1. The predicted octanol–water partition coefficient (Wildman–Crippen LogP) is 0.864. The van der Waals surface area contributed by atoms with Gasteiger partial charge in [0.25, 0.3) is 0 Å². The predicted molar refractivity (Wildman–Crippen MR) is 104 cm³/mol. The molecular weight excluding hydrogens is 370 g/mol. The van der Waals surface area contributed by atoms with Crippen LogP contribution in [-0.4, -0.2) is 58.5 Å². The van der Waals surface area contributed by atoms with E-state index in [4.69, 9.17) is 5.73 Å². The molecule has 0 spiro atoms. The molecule has 1 aliphatic rings. The number of hydrogen-bond donors (Lipinski definition) is 5. The molecule has 6 N–H and O–H groups in total. The molecule has 0 radical (unpaired) electrons. The van der Waals surface area contributed by atoms with Gasteiger partial charge < -0.3 is 30.9 Å². The molecule has 4 atom stereocenters. The van der Waals surface area contributed by atoms with Gasteiger partial charge in [0.1, 0.15) is 11.8 Å². The molecule has 152 valence electrons. The van der Waals surface area contributed by atoms with Gasteiger partial charge in [-0.15, -0.1) is 0 Å². The second kappa shape index (κ2) is 8.36.